The van der Waals surface area contributed by atoms with Gasteiger partial charge in [0.1, 0.15) is 5.60 Å². The molecule has 0 aliphatic heterocycles. The number of ether oxygens (including phenoxy) is 1. The fourth-order valence-electron chi connectivity index (χ4n) is 6.34. The fraction of sp³-hybridized carbons (Fsp3) is 0.821. The number of esters is 1. The van der Waals surface area contributed by atoms with Gasteiger partial charge in [-0.15, -0.1) is 0 Å². The van der Waals surface area contributed by atoms with Gasteiger partial charge in [-0.05, 0) is 86.2 Å². The van der Waals surface area contributed by atoms with E-state index < -0.39 is 0 Å². The second kappa shape index (κ2) is 8.47. The molecule has 2 nitrogen and oxygen atoms in total. The average molecular weight is 415 g/mol. The number of hydrogen-bond donors (Lipinski definition) is 0. The normalized spacial score (nSPS) is 26.5. The van der Waals surface area contributed by atoms with Gasteiger partial charge in [-0.3, -0.25) is 0 Å². The maximum Gasteiger partial charge on any atom is 0.334 e. The molecule has 0 aromatic carbocycles. The Balaban J connectivity index is 1.81. The minimum absolute atomic E-state index is 0.0670. The summed E-state index contributed by atoms with van der Waals surface area (Å²) in [4.78, 5) is 13.1. The lowest BCUT2D eigenvalue weighted by Crippen LogP contribution is -2.38. The van der Waals surface area contributed by atoms with Gasteiger partial charge in [0.2, 0.25) is 0 Å². The topological polar surface area (TPSA) is 26.3 Å². The van der Waals surface area contributed by atoms with Gasteiger partial charge in [0.25, 0.3) is 0 Å². The summed E-state index contributed by atoms with van der Waals surface area (Å²) in [6.45, 7) is 18.6. The minimum atomic E-state index is -0.358. The van der Waals surface area contributed by atoms with E-state index in [1.54, 1.807) is 5.57 Å². The molecule has 2 atom stereocenters. The Morgan fingerprint density at radius 3 is 2.20 bits per heavy atom. The van der Waals surface area contributed by atoms with Crippen LogP contribution in [0.5, 0.6) is 0 Å². The SMILES string of the molecule is CCC(C)(C)C1C2=C(C=C(C(=O)OC(C)(C)C3CCCCC3)CC2)CC1C(C)(C)C. The quantitative estimate of drug-likeness (QED) is 0.426. The predicted molar refractivity (Wildman–Crippen MR) is 126 cm³/mol. The van der Waals surface area contributed by atoms with Gasteiger partial charge in [0, 0.05) is 5.57 Å². The molecule has 0 amide bonds. The first-order chi connectivity index (χ1) is 13.9. The minimum Gasteiger partial charge on any atom is -0.456 e. The second-order valence-electron chi connectivity index (χ2n) is 12.5. The van der Waals surface area contributed by atoms with Gasteiger partial charge in [0.15, 0.2) is 0 Å². The predicted octanol–water partition coefficient (Wildman–Crippen LogP) is 8.02. The van der Waals surface area contributed by atoms with Crippen LogP contribution in [0.4, 0.5) is 0 Å². The molecular formula is C28H46O2. The molecule has 0 radical (unpaired) electrons. The largest absolute Gasteiger partial charge is 0.456 e. The molecule has 0 saturated heterocycles. The lowest BCUT2D eigenvalue weighted by molar-refractivity contribution is -0.158. The van der Waals surface area contributed by atoms with Crippen LogP contribution < -0.4 is 0 Å². The molecule has 0 spiro atoms. The molecule has 0 heterocycles. The lowest BCUT2D eigenvalue weighted by Gasteiger charge is -2.43. The molecule has 170 valence electrons. The Kier molecular flexibility index (Phi) is 6.67. The third-order valence-electron chi connectivity index (χ3n) is 8.71. The molecule has 3 aliphatic carbocycles. The van der Waals surface area contributed by atoms with Crippen LogP contribution in [0.2, 0.25) is 0 Å². The summed E-state index contributed by atoms with van der Waals surface area (Å²) in [5.41, 5.74) is 4.18. The van der Waals surface area contributed by atoms with Crippen LogP contribution in [-0.4, -0.2) is 11.6 Å². The highest BCUT2D eigenvalue weighted by Gasteiger charge is 2.47. The summed E-state index contributed by atoms with van der Waals surface area (Å²) in [6, 6.07) is 0. The summed E-state index contributed by atoms with van der Waals surface area (Å²) < 4.78 is 6.14. The molecule has 0 N–H and O–H groups in total. The first-order valence-corrected chi connectivity index (χ1v) is 12.5. The molecule has 0 aromatic heterocycles. The highest BCUT2D eigenvalue weighted by Crippen LogP contribution is 2.57. The smallest absolute Gasteiger partial charge is 0.334 e. The molecule has 2 unspecified atom stereocenters. The first-order valence-electron chi connectivity index (χ1n) is 12.5. The molecule has 2 heteroatoms. The van der Waals surface area contributed by atoms with E-state index >= 15 is 0 Å². The van der Waals surface area contributed by atoms with Crippen molar-refractivity contribution in [2.75, 3.05) is 0 Å². The van der Waals surface area contributed by atoms with Crippen LogP contribution in [0.25, 0.3) is 0 Å². The summed E-state index contributed by atoms with van der Waals surface area (Å²) in [7, 11) is 0. The third kappa shape index (κ3) is 4.73. The Morgan fingerprint density at radius 1 is 1.00 bits per heavy atom. The van der Waals surface area contributed by atoms with Crippen molar-refractivity contribution in [1.82, 2.24) is 0 Å². The summed E-state index contributed by atoms with van der Waals surface area (Å²) in [6.07, 6.45) is 12.6. The number of hydrogen-bond acceptors (Lipinski definition) is 2. The second-order valence-corrected chi connectivity index (χ2v) is 12.5. The molecular weight excluding hydrogens is 368 g/mol. The van der Waals surface area contributed by atoms with E-state index in [0.717, 1.165) is 24.8 Å². The van der Waals surface area contributed by atoms with Crippen molar-refractivity contribution < 1.29 is 9.53 Å². The molecule has 0 bridgehead atoms. The van der Waals surface area contributed by atoms with Crippen LogP contribution in [0.3, 0.4) is 0 Å². The van der Waals surface area contributed by atoms with Crippen molar-refractivity contribution in [3.8, 4) is 0 Å². The van der Waals surface area contributed by atoms with Crippen molar-refractivity contribution in [2.45, 2.75) is 119 Å². The standard InChI is InChI=1S/C28H46O2/c1-9-27(5,6)24-22-16-15-19(17-20(22)18-23(24)26(2,3)4)25(29)30-28(7,8)21-13-11-10-12-14-21/h17,21,23-24H,9-16,18H2,1-8H3. The third-order valence-corrected chi connectivity index (χ3v) is 8.71. The number of rotatable bonds is 5. The summed E-state index contributed by atoms with van der Waals surface area (Å²) >= 11 is 0. The van der Waals surface area contributed by atoms with Crippen LogP contribution >= 0.6 is 0 Å². The van der Waals surface area contributed by atoms with Gasteiger partial charge >= 0.3 is 5.97 Å². The Bertz CT molecular complexity index is 707. The van der Waals surface area contributed by atoms with E-state index in [9.17, 15) is 4.79 Å². The van der Waals surface area contributed by atoms with Gasteiger partial charge in [0.05, 0.1) is 0 Å². The van der Waals surface area contributed by atoms with E-state index in [2.05, 4.69) is 61.5 Å². The van der Waals surface area contributed by atoms with Gasteiger partial charge in [-0.2, -0.15) is 0 Å². The Morgan fingerprint density at radius 2 is 1.63 bits per heavy atom. The summed E-state index contributed by atoms with van der Waals surface area (Å²) in [5, 5.41) is 0. The van der Waals surface area contributed by atoms with Gasteiger partial charge in [-0.1, -0.05) is 72.8 Å². The molecule has 30 heavy (non-hydrogen) atoms. The van der Waals surface area contributed by atoms with Crippen LogP contribution in [0.15, 0.2) is 22.8 Å². The zero-order valence-electron chi connectivity index (χ0n) is 21.0. The van der Waals surface area contributed by atoms with Crippen molar-refractivity contribution in [3.63, 3.8) is 0 Å². The monoisotopic (exact) mass is 414 g/mol. The van der Waals surface area contributed by atoms with Crippen molar-refractivity contribution in [1.29, 1.82) is 0 Å². The van der Waals surface area contributed by atoms with E-state index in [-0.39, 0.29) is 17.0 Å². The van der Waals surface area contributed by atoms with E-state index in [0.29, 0.717) is 23.2 Å². The maximum absolute atomic E-state index is 13.1. The average Bonchev–Trinajstić information content (AvgIpc) is 3.08. The zero-order chi connectivity index (χ0) is 22.3. The van der Waals surface area contributed by atoms with Crippen LogP contribution in [-0.2, 0) is 9.53 Å². The Hall–Kier alpha value is -1.05. The molecule has 3 rings (SSSR count). The Labute approximate surface area is 185 Å². The molecule has 3 aliphatic rings. The van der Waals surface area contributed by atoms with Gasteiger partial charge in [-0.25, -0.2) is 4.79 Å². The highest BCUT2D eigenvalue weighted by molar-refractivity contribution is 5.90. The number of carbonyl (C=O) groups excluding carboxylic acids is 1. The molecule has 1 fully saturated rings. The van der Waals surface area contributed by atoms with Crippen LogP contribution in [0.1, 0.15) is 113 Å². The molecule has 1 saturated carbocycles. The van der Waals surface area contributed by atoms with Crippen molar-refractivity contribution >= 4 is 5.97 Å². The summed E-state index contributed by atoms with van der Waals surface area (Å²) in [5.74, 6) is 1.69. The van der Waals surface area contributed by atoms with Gasteiger partial charge < -0.3 is 4.74 Å². The van der Waals surface area contributed by atoms with E-state index in [1.807, 2.05) is 0 Å². The number of allylic oxidation sites excluding steroid dienone is 3. The number of carbonyl (C=O) groups is 1. The van der Waals surface area contributed by atoms with Crippen molar-refractivity contribution in [3.05, 3.63) is 22.8 Å². The van der Waals surface area contributed by atoms with E-state index in [4.69, 9.17) is 4.74 Å². The first kappa shape index (κ1) is 23.6. The van der Waals surface area contributed by atoms with E-state index in [1.165, 1.54) is 44.1 Å². The van der Waals surface area contributed by atoms with Crippen molar-refractivity contribution in [2.24, 2.45) is 28.6 Å². The highest BCUT2D eigenvalue weighted by atomic mass is 16.6. The molecule has 0 aromatic rings. The maximum atomic E-state index is 13.1. The lowest BCUT2D eigenvalue weighted by atomic mass is 9.62. The zero-order valence-corrected chi connectivity index (χ0v) is 21.0. The van der Waals surface area contributed by atoms with Crippen LogP contribution in [0, 0.1) is 28.6 Å². The fourth-order valence-corrected chi connectivity index (χ4v) is 6.34.